The molecule has 0 fully saturated rings. The van der Waals surface area contributed by atoms with E-state index in [-0.39, 0.29) is 11.4 Å². The number of imidazole rings is 1. The Morgan fingerprint density at radius 2 is 1.92 bits per heavy atom. The molecule has 0 saturated heterocycles. The van der Waals surface area contributed by atoms with E-state index in [4.69, 9.17) is 4.74 Å². The first-order valence-corrected chi connectivity index (χ1v) is 9.14. The van der Waals surface area contributed by atoms with Gasteiger partial charge in [-0.2, -0.15) is 0 Å². The molecular formula is C17H19N3O3S. The van der Waals surface area contributed by atoms with Crippen LogP contribution >= 0.6 is 0 Å². The predicted octanol–water partition coefficient (Wildman–Crippen LogP) is 2.52. The number of hydrogen-bond acceptors (Lipinski definition) is 4. The van der Waals surface area contributed by atoms with Crippen molar-refractivity contribution in [1.82, 2.24) is 14.1 Å². The van der Waals surface area contributed by atoms with E-state index >= 15 is 0 Å². The van der Waals surface area contributed by atoms with E-state index in [2.05, 4.69) is 9.71 Å². The van der Waals surface area contributed by atoms with E-state index < -0.39 is 10.0 Å². The second-order valence-corrected chi connectivity index (χ2v) is 7.07. The fraction of sp³-hybridized carbons (Fsp3) is 0.235. The van der Waals surface area contributed by atoms with Crippen molar-refractivity contribution in [2.24, 2.45) is 0 Å². The largest absolute Gasteiger partial charge is 0.494 e. The minimum atomic E-state index is -3.60. The second-order valence-electron chi connectivity index (χ2n) is 5.30. The molecule has 0 unspecified atom stereocenters. The van der Waals surface area contributed by atoms with Gasteiger partial charge in [-0.15, -0.1) is 0 Å². The molecule has 126 valence electrons. The minimum Gasteiger partial charge on any atom is -0.494 e. The zero-order valence-corrected chi connectivity index (χ0v) is 14.4. The van der Waals surface area contributed by atoms with Crippen molar-refractivity contribution in [3.8, 4) is 5.75 Å². The summed E-state index contributed by atoms with van der Waals surface area (Å²) in [7, 11) is -3.60. The van der Waals surface area contributed by atoms with Crippen molar-refractivity contribution in [3.05, 3.63) is 60.0 Å². The number of hydrogen-bond donors (Lipinski definition) is 1. The van der Waals surface area contributed by atoms with Gasteiger partial charge in [-0.1, -0.05) is 6.07 Å². The molecule has 1 aromatic carbocycles. The summed E-state index contributed by atoms with van der Waals surface area (Å²) < 4.78 is 34.8. The summed E-state index contributed by atoms with van der Waals surface area (Å²) in [5.74, 6) is 0.647. The zero-order valence-electron chi connectivity index (χ0n) is 13.6. The van der Waals surface area contributed by atoms with Gasteiger partial charge in [0, 0.05) is 6.20 Å². The molecule has 0 bridgehead atoms. The van der Waals surface area contributed by atoms with Crippen LogP contribution in [-0.4, -0.2) is 24.4 Å². The Kier molecular flexibility index (Phi) is 4.55. The molecule has 0 aliphatic heterocycles. The number of aromatic nitrogens is 2. The van der Waals surface area contributed by atoms with Crippen molar-refractivity contribution in [1.29, 1.82) is 0 Å². The highest BCUT2D eigenvalue weighted by atomic mass is 32.2. The molecule has 7 heteroatoms. The van der Waals surface area contributed by atoms with Crippen LogP contribution in [0, 0.1) is 6.92 Å². The molecule has 0 aliphatic rings. The lowest BCUT2D eigenvalue weighted by Gasteiger charge is -2.09. The number of nitrogens with zero attached hydrogens (tertiary/aromatic N) is 2. The van der Waals surface area contributed by atoms with Crippen molar-refractivity contribution < 1.29 is 13.2 Å². The molecule has 0 atom stereocenters. The van der Waals surface area contributed by atoms with Gasteiger partial charge in [0.15, 0.2) is 0 Å². The molecule has 2 heterocycles. The number of ether oxygens (including phenoxy) is 1. The number of rotatable bonds is 6. The van der Waals surface area contributed by atoms with Crippen LogP contribution in [0.4, 0.5) is 0 Å². The fourth-order valence-corrected chi connectivity index (χ4v) is 3.49. The monoisotopic (exact) mass is 345 g/mol. The molecule has 0 radical (unpaired) electrons. The third-order valence-electron chi connectivity index (χ3n) is 3.70. The molecule has 6 nitrogen and oxygen atoms in total. The SMILES string of the molecule is CCOc1ccc(S(=O)(=O)NCc2c(C)nc3ccccn23)cc1. The standard InChI is InChI=1S/C17H19N3O3S/c1-3-23-14-7-9-15(10-8-14)24(21,22)18-12-16-13(2)19-17-6-4-5-11-20(16)17/h4-11,18H,3,12H2,1-2H3. The van der Waals surface area contributed by atoms with Gasteiger partial charge in [-0.05, 0) is 50.2 Å². The summed E-state index contributed by atoms with van der Waals surface area (Å²) in [5.41, 5.74) is 2.42. The Morgan fingerprint density at radius 3 is 2.62 bits per heavy atom. The average Bonchev–Trinajstić information content (AvgIpc) is 2.89. The highest BCUT2D eigenvalue weighted by Crippen LogP contribution is 2.17. The van der Waals surface area contributed by atoms with Gasteiger partial charge in [-0.3, -0.25) is 0 Å². The molecule has 3 rings (SSSR count). The van der Waals surface area contributed by atoms with Crippen molar-refractivity contribution in [3.63, 3.8) is 0 Å². The maximum Gasteiger partial charge on any atom is 0.240 e. The molecule has 0 saturated carbocycles. The van der Waals surface area contributed by atoms with E-state index in [1.807, 2.05) is 42.6 Å². The maximum absolute atomic E-state index is 12.5. The maximum atomic E-state index is 12.5. The summed E-state index contributed by atoms with van der Waals surface area (Å²) in [6.45, 7) is 4.46. The fourth-order valence-electron chi connectivity index (χ4n) is 2.51. The number of pyridine rings is 1. The van der Waals surface area contributed by atoms with Crippen LogP contribution in [0.5, 0.6) is 5.75 Å². The van der Waals surface area contributed by atoms with E-state index in [1.54, 1.807) is 12.1 Å². The molecular weight excluding hydrogens is 326 g/mol. The predicted molar refractivity (Wildman–Crippen MR) is 91.6 cm³/mol. The van der Waals surface area contributed by atoms with Crippen LogP contribution < -0.4 is 9.46 Å². The quantitative estimate of drug-likeness (QED) is 0.745. The van der Waals surface area contributed by atoms with E-state index in [1.165, 1.54) is 12.1 Å². The third kappa shape index (κ3) is 3.27. The van der Waals surface area contributed by atoms with Crippen LogP contribution in [-0.2, 0) is 16.6 Å². The Hall–Kier alpha value is -2.38. The first-order chi connectivity index (χ1) is 11.5. The Bertz CT molecular complexity index is 947. The summed E-state index contributed by atoms with van der Waals surface area (Å²) in [4.78, 5) is 4.64. The Balaban J connectivity index is 1.80. The smallest absolute Gasteiger partial charge is 0.240 e. The minimum absolute atomic E-state index is 0.173. The lowest BCUT2D eigenvalue weighted by molar-refractivity contribution is 0.340. The van der Waals surface area contributed by atoms with Gasteiger partial charge >= 0.3 is 0 Å². The van der Waals surface area contributed by atoms with Gasteiger partial charge in [0.05, 0.1) is 29.4 Å². The number of fused-ring (bicyclic) bond motifs is 1. The Morgan fingerprint density at radius 1 is 1.17 bits per heavy atom. The van der Waals surface area contributed by atoms with Crippen molar-refractivity contribution in [2.75, 3.05) is 6.61 Å². The van der Waals surface area contributed by atoms with Crippen molar-refractivity contribution in [2.45, 2.75) is 25.3 Å². The van der Waals surface area contributed by atoms with E-state index in [0.29, 0.717) is 12.4 Å². The molecule has 0 spiro atoms. The molecule has 3 aromatic rings. The van der Waals surface area contributed by atoms with Crippen LogP contribution in [0.3, 0.4) is 0 Å². The lowest BCUT2D eigenvalue weighted by Crippen LogP contribution is -2.24. The molecule has 1 N–H and O–H groups in total. The number of sulfonamides is 1. The first-order valence-electron chi connectivity index (χ1n) is 7.66. The zero-order chi connectivity index (χ0) is 17.2. The Labute approximate surface area is 141 Å². The molecule has 2 aromatic heterocycles. The first kappa shape index (κ1) is 16.5. The van der Waals surface area contributed by atoms with Crippen LogP contribution in [0.2, 0.25) is 0 Å². The van der Waals surface area contributed by atoms with Gasteiger partial charge in [-0.25, -0.2) is 18.1 Å². The van der Waals surface area contributed by atoms with Crippen LogP contribution in [0.1, 0.15) is 18.3 Å². The molecule has 0 amide bonds. The third-order valence-corrected chi connectivity index (χ3v) is 5.12. The summed E-state index contributed by atoms with van der Waals surface area (Å²) in [6, 6.07) is 12.0. The molecule has 24 heavy (non-hydrogen) atoms. The van der Waals surface area contributed by atoms with Gasteiger partial charge < -0.3 is 9.14 Å². The lowest BCUT2D eigenvalue weighted by atomic mass is 10.3. The van der Waals surface area contributed by atoms with Crippen LogP contribution in [0.25, 0.3) is 5.65 Å². The van der Waals surface area contributed by atoms with Gasteiger partial charge in [0.25, 0.3) is 0 Å². The molecule has 0 aliphatic carbocycles. The van der Waals surface area contributed by atoms with Crippen LogP contribution in [0.15, 0.2) is 53.6 Å². The van der Waals surface area contributed by atoms with Gasteiger partial charge in [0.1, 0.15) is 11.4 Å². The number of nitrogens with one attached hydrogen (secondary N) is 1. The summed E-state index contributed by atoms with van der Waals surface area (Å²) >= 11 is 0. The number of benzene rings is 1. The normalized spacial score (nSPS) is 11.8. The average molecular weight is 345 g/mol. The summed E-state index contributed by atoms with van der Waals surface area (Å²) in [6.07, 6.45) is 1.87. The topological polar surface area (TPSA) is 72.7 Å². The second kappa shape index (κ2) is 6.62. The highest BCUT2D eigenvalue weighted by Gasteiger charge is 2.16. The van der Waals surface area contributed by atoms with E-state index in [9.17, 15) is 8.42 Å². The highest BCUT2D eigenvalue weighted by molar-refractivity contribution is 7.89. The van der Waals surface area contributed by atoms with Gasteiger partial charge in [0.2, 0.25) is 10.0 Å². The van der Waals surface area contributed by atoms with Crippen molar-refractivity contribution >= 4 is 15.7 Å². The summed E-state index contributed by atoms with van der Waals surface area (Å²) in [5, 5.41) is 0. The van der Waals surface area contributed by atoms with E-state index in [0.717, 1.165) is 17.0 Å². The number of aryl methyl sites for hydroxylation is 1.